The first-order valence-electron chi connectivity index (χ1n) is 3.21. The van der Waals surface area contributed by atoms with Gasteiger partial charge in [-0.2, -0.15) is 0 Å². The number of carboxylic acid groups (broad SMARTS) is 1. The van der Waals surface area contributed by atoms with Crippen LogP contribution in [-0.2, 0) is 4.57 Å². The van der Waals surface area contributed by atoms with Crippen LogP contribution in [0.1, 0.15) is 10.5 Å². The second-order valence-electron chi connectivity index (χ2n) is 2.26. The van der Waals surface area contributed by atoms with Crippen molar-refractivity contribution in [2.45, 2.75) is 0 Å². The largest absolute Gasteiger partial charge is 0.775 e. The van der Waals surface area contributed by atoms with E-state index in [-0.39, 0.29) is 0 Å². The maximum atomic E-state index is 10.7. The molecule has 0 aromatic carbocycles. The van der Waals surface area contributed by atoms with Gasteiger partial charge in [-0.3, -0.25) is 0 Å². The monoisotopic (exact) mass is 203 g/mol. The van der Waals surface area contributed by atoms with Gasteiger partial charge in [0.15, 0.2) is 13.8 Å². The Hall–Kier alpha value is -1.23. The zero-order chi connectivity index (χ0) is 10.1. The van der Waals surface area contributed by atoms with E-state index in [0.29, 0.717) is 0 Å². The van der Waals surface area contributed by atoms with Crippen molar-refractivity contribution in [1.82, 2.24) is 0 Å². The Morgan fingerprint density at radius 2 is 2.23 bits per heavy atom. The summed E-state index contributed by atoms with van der Waals surface area (Å²) in [6.07, 6.45) is 1.25. The van der Waals surface area contributed by atoms with Gasteiger partial charge < -0.3 is 19.5 Å². The molecule has 0 fully saturated rings. The van der Waals surface area contributed by atoms with Gasteiger partial charge in [0.1, 0.15) is 5.30 Å². The van der Waals surface area contributed by atoms with Gasteiger partial charge in [0.2, 0.25) is 0 Å². The second-order valence-corrected chi connectivity index (χ2v) is 3.78. The molecular formula is C6H6NO5P. The smallest absolute Gasteiger partial charge is 0.402 e. The van der Waals surface area contributed by atoms with Crippen LogP contribution in [0, 0.1) is 0 Å². The molecule has 13 heavy (non-hydrogen) atoms. The number of hydrogen-bond donors (Lipinski definition) is 2. The van der Waals surface area contributed by atoms with E-state index in [1.54, 1.807) is 0 Å². The molecule has 1 atom stereocenters. The maximum absolute atomic E-state index is 10.7. The van der Waals surface area contributed by atoms with E-state index < -0.39 is 24.6 Å². The minimum absolute atomic E-state index is 0.552. The number of hydrogen-bond acceptors (Lipinski definition) is 3. The summed E-state index contributed by atoms with van der Waals surface area (Å²) in [6, 6.07) is 2.29. The molecule has 0 aliphatic carbocycles. The van der Waals surface area contributed by atoms with E-state index in [9.17, 15) is 14.3 Å². The molecule has 70 valence electrons. The standard InChI is InChI=1S/C6H6NO5P/c8-6(9)5-4(13(10,11)12)2-1-3-7-5/h1-3H,(H,8,9)(H2,10,11,12). The predicted octanol–water partition coefficient (Wildman–Crippen LogP) is -1.63. The van der Waals surface area contributed by atoms with Crippen molar-refractivity contribution in [3.8, 4) is 0 Å². The summed E-state index contributed by atoms with van der Waals surface area (Å²) in [4.78, 5) is 32.0. The van der Waals surface area contributed by atoms with Gasteiger partial charge in [-0.15, -0.1) is 0 Å². The Morgan fingerprint density at radius 3 is 2.62 bits per heavy atom. The Bertz CT molecular complexity index is 384. The van der Waals surface area contributed by atoms with Gasteiger partial charge in [0.25, 0.3) is 0 Å². The Kier molecular flexibility index (Phi) is 2.47. The van der Waals surface area contributed by atoms with Gasteiger partial charge in [-0.1, -0.05) is 0 Å². The summed E-state index contributed by atoms with van der Waals surface area (Å²) in [5, 5.41) is 7.90. The molecule has 1 heterocycles. The number of rotatable bonds is 2. The molecule has 0 aliphatic heterocycles. The molecule has 3 N–H and O–H groups in total. The van der Waals surface area contributed by atoms with Crippen molar-refractivity contribution in [1.29, 1.82) is 0 Å². The average Bonchev–Trinajstić information content (AvgIpc) is 2.03. The van der Waals surface area contributed by atoms with Gasteiger partial charge >= 0.3 is 11.7 Å². The summed E-state index contributed by atoms with van der Waals surface area (Å²) in [5.41, 5.74) is -0.552. The molecule has 7 heteroatoms. The van der Waals surface area contributed by atoms with Crippen molar-refractivity contribution < 1.29 is 29.2 Å². The molecule has 0 saturated carbocycles. The molecule has 6 nitrogen and oxygen atoms in total. The third-order valence-corrected chi connectivity index (χ3v) is 2.33. The normalized spacial score (nSPS) is 14.9. The number of pyridine rings is 1. The minimum Gasteiger partial charge on any atom is -0.775 e. The molecule has 1 aromatic rings. The van der Waals surface area contributed by atoms with Crippen LogP contribution in [0.2, 0.25) is 0 Å². The number of aromatic nitrogens is 1. The molecule has 0 saturated heterocycles. The van der Waals surface area contributed by atoms with E-state index in [0.717, 1.165) is 6.07 Å². The van der Waals surface area contributed by atoms with E-state index >= 15 is 0 Å². The zero-order valence-electron chi connectivity index (χ0n) is 6.30. The van der Waals surface area contributed by atoms with Crippen molar-refractivity contribution in [2.24, 2.45) is 0 Å². The lowest BCUT2D eigenvalue weighted by atomic mass is 10.3. The first-order chi connectivity index (χ1) is 5.93. The lowest BCUT2D eigenvalue weighted by Gasteiger charge is -2.14. The number of nitrogens with one attached hydrogen (secondary N) is 1. The second kappa shape index (κ2) is 3.26. The molecule has 1 aromatic heterocycles. The Balaban J connectivity index is 3.37. The number of aromatic amines is 1. The van der Waals surface area contributed by atoms with Crippen LogP contribution in [-0.4, -0.2) is 16.0 Å². The summed E-state index contributed by atoms with van der Waals surface area (Å²) in [6.45, 7) is 0. The zero-order valence-corrected chi connectivity index (χ0v) is 7.19. The Labute approximate surface area is 73.0 Å². The molecule has 0 spiro atoms. The number of aromatic carboxylic acids is 1. The molecule has 1 rings (SSSR count). The highest BCUT2D eigenvalue weighted by Gasteiger charge is 2.23. The van der Waals surface area contributed by atoms with Gasteiger partial charge in [0.05, 0.1) is 0 Å². The fourth-order valence-corrected chi connectivity index (χ4v) is 1.55. The summed E-state index contributed by atoms with van der Waals surface area (Å²) >= 11 is 0. The molecule has 1 unspecified atom stereocenters. The first kappa shape index (κ1) is 9.85. The van der Waals surface area contributed by atoms with Crippen molar-refractivity contribution >= 4 is 18.9 Å². The van der Waals surface area contributed by atoms with Crippen LogP contribution in [0.4, 0.5) is 0 Å². The van der Waals surface area contributed by atoms with Crippen LogP contribution in [0.5, 0.6) is 0 Å². The van der Waals surface area contributed by atoms with E-state index in [2.05, 4.69) is 4.98 Å². The van der Waals surface area contributed by atoms with Crippen molar-refractivity contribution in [3.05, 3.63) is 24.0 Å². The highest BCUT2D eigenvalue weighted by Crippen LogP contribution is 2.27. The van der Waals surface area contributed by atoms with Crippen LogP contribution in [0.25, 0.3) is 0 Å². The molecule has 0 amide bonds. The highest BCUT2D eigenvalue weighted by atomic mass is 31.2. The van der Waals surface area contributed by atoms with Crippen LogP contribution >= 0.6 is 7.60 Å². The third-order valence-electron chi connectivity index (χ3n) is 1.35. The SMILES string of the molecule is O=C(O)c1[nH+]cccc1P(=O)([O-])O. The van der Waals surface area contributed by atoms with Crippen molar-refractivity contribution in [2.75, 3.05) is 0 Å². The lowest BCUT2D eigenvalue weighted by molar-refractivity contribution is -0.382. The Morgan fingerprint density at radius 1 is 1.62 bits per heavy atom. The number of carbonyl (C=O) groups is 1. The molecular weight excluding hydrogens is 197 g/mol. The van der Waals surface area contributed by atoms with Crippen LogP contribution in [0.3, 0.4) is 0 Å². The lowest BCUT2D eigenvalue weighted by Crippen LogP contribution is -2.30. The van der Waals surface area contributed by atoms with E-state index in [4.69, 9.17) is 10.00 Å². The average molecular weight is 203 g/mol. The first-order valence-corrected chi connectivity index (χ1v) is 4.79. The predicted molar refractivity (Wildman–Crippen MR) is 39.4 cm³/mol. The summed E-state index contributed by atoms with van der Waals surface area (Å²) < 4.78 is 10.7. The fraction of sp³-hybridized carbons (Fsp3) is 0. The molecule has 0 radical (unpaired) electrons. The minimum atomic E-state index is -4.77. The van der Waals surface area contributed by atoms with E-state index in [1.807, 2.05) is 0 Å². The fourth-order valence-electron chi connectivity index (χ4n) is 0.835. The highest BCUT2D eigenvalue weighted by molar-refractivity contribution is 7.59. The van der Waals surface area contributed by atoms with Gasteiger partial charge in [0, 0.05) is 6.07 Å². The van der Waals surface area contributed by atoms with E-state index in [1.165, 1.54) is 12.3 Å². The summed E-state index contributed by atoms with van der Waals surface area (Å²) in [7, 11) is -4.77. The quantitative estimate of drug-likeness (QED) is 0.560. The third kappa shape index (κ3) is 2.12. The number of carboxylic acids is 1. The molecule has 0 aliphatic rings. The van der Waals surface area contributed by atoms with Crippen LogP contribution in [0.15, 0.2) is 18.3 Å². The molecule has 0 bridgehead atoms. The summed E-state index contributed by atoms with van der Waals surface area (Å²) in [5.74, 6) is -1.44. The maximum Gasteiger partial charge on any atom is 0.402 e. The number of H-pyrrole nitrogens is 1. The van der Waals surface area contributed by atoms with Gasteiger partial charge in [-0.05, 0) is 6.07 Å². The topological polar surface area (TPSA) is 112 Å². The van der Waals surface area contributed by atoms with Crippen molar-refractivity contribution in [3.63, 3.8) is 0 Å². The van der Waals surface area contributed by atoms with Gasteiger partial charge in [-0.25, -0.2) is 9.78 Å². The van der Waals surface area contributed by atoms with Crippen LogP contribution < -0.4 is 15.2 Å².